The van der Waals surface area contributed by atoms with Crippen LogP contribution in [0.4, 0.5) is 11.4 Å². The fraction of sp³-hybridized carbons (Fsp3) is 0.538. The number of aryl methyl sites for hydroxylation is 1. The summed E-state index contributed by atoms with van der Waals surface area (Å²) in [5, 5.41) is 12.0. The number of rotatable bonds is 7. The molecule has 0 atom stereocenters. The first-order chi connectivity index (χ1) is 7.77. The molecule has 0 aliphatic rings. The Kier molecular flexibility index (Phi) is 5.72. The lowest BCUT2D eigenvalue weighted by Gasteiger charge is -2.10. The van der Waals surface area contributed by atoms with E-state index in [1.54, 1.807) is 0 Å². The largest absolute Gasteiger partial charge is 0.399 e. The number of nitrogens with one attached hydrogen (secondary N) is 1. The van der Waals surface area contributed by atoms with E-state index in [-0.39, 0.29) is 6.61 Å². The van der Waals surface area contributed by atoms with Gasteiger partial charge >= 0.3 is 0 Å². The summed E-state index contributed by atoms with van der Waals surface area (Å²) in [4.78, 5) is 0. The van der Waals surface area contributed by atoms with Gasteiger partial charge in [-0.2, -0.15) is 0 Å². The normalized spacial score (nSPS) is 10.4. The molecule has 90 valence electrons. The van der Waals surface area contributed by atoms with E-state index >= 15 is 0 Å². The molecule has 0 amide bonds. The Bertz CT molecular complexity index is 313. The van der Waals surface area contributed by atoms with Gasteiger partial charge < -0.3 is 16.2 Å². The van der Waals surface area contributed by atoms with E-state index in [0.29, 0.717) is 0 Å². The van der Waals surface area contributed by atoms with Crippen molar-refractivity contribution in [2.45, 2.75) is 32.6 Å². The Morgan fingerprint density at radius 1 is 1.31 bits per heavy atom. The minimum atomic E-state index is 0.268. The van der Waals surface area contributed by atoms with Gasteiger partial charge in [-0.25, -0.2) is 0 Å². The van der Waals surface area contributed by atoms with Crippen LogP contribution in [0, 0.1) is 0 Å². The summed E-state index contributed by atoms with van der Waals surface area (Å²) in [6.45, 7) is 3.32. The van der Waals surface area contributed by atoms with Gasteiger partial charge in [0, 0.05) is 24.5 Å². The molecule has 1 aromatic rings. The summed E-state index contributed by atoms with van der Waals surface area (Å²) in [6, 6.07) is 6.09. The number of unbranched alkanes of at least 4 members (excludes halogenated alkanes) is 1. The first-order valence-electron chi connectivity index (χ1n) is 6.01. The Morgan fingerprint density at radius 3 is 2.81 bits per heavy atom. The first kappa shape index (κ1) is 12.8. The van der Waals surface area contributed by atoms with Gasteiger partial charge in [0.05, 0.1) is 0 Å². The third-order valence-corrected chi connectivity index (χ3v) is 2.58. The quantitative estimate of drug-likeness (QED) is 0.490. The molecule has 0 aliphatic heterocycles. The van der Waals surface area contributed by atoms with Crippen molar-refractivity contribution in [3.8, 4) is 0 Å². The monoisotopic (exact) mass is 222 g/mol. The van der Waals surface area contributed by atoms with Crippen molar-refractivity contribution in [3.05, 3.63) is 23.8 Å². The smallest absolute Gasteiger partial charge is 0.0431 e. The van der Waals surface area contributed by atoms with E-state index in [2.05, 4.69) is 18.3 Å². The summed E-state index contributed by atoms with van der Waals surface area (Å²) in [7, 11) is 0. The van der Waals surface area contributed by atoms with E-state index in [1.807, 2.05) is 12.1 Å². The minimum absolute atomic E-state index is 0.268. The summed E-state index contributed by atoms with van der Waals surface area (Å²) < 4.78 is 0. The predicted molar refractivity (Wildman–Crippen MR) is 69.7 cm³/mol. The van der Waals surface area contributed by atoms with Crippen LogP contribution in [-0.4, -0.2) is 18.3 Å². The lowest BCUT2D eigenvalue weighted by molar-refractivity contribution is 0.286. The molecule has 0 heterocycles. The van der Waals surface area contributed by atoms with Crippen LogP contribution in [0.3, 0.4) is 0 Å². The van der Waals surface area contributed by atoms with Crippen LogP contribution in [-0.2, 0) is 6.42 Å². The summed E-state index contributed by atoms with van der Waals surface area (Å²) in [5.41, 5.74) is 9.11. The number of benzene rings is 1. The van der Waals surface area contributed by atoms with E-state index in [0.717, 1.165) is 43.6 Å². The zero-order valence-corrected chi connectivity index (χ0v) is 10.00. The molecule has 0 aliphatic carbocycles. The standard InChI is InChI=1S/C13H22N2O/c1-2-5-11-10-12(6-7-13(11)14)15-8-3-4-9-16/h6-7,10,15-16H,2-5,8-9,14H2,1H3. The molecule has 4 N–H and O–H groups in total. The van der Waals surface area contributed by atoms with Crippen molar-refractivity contribution in [1.29, 1.82) is 0 Å². The fourth-order valence-electron chi connectivity index (χ4n) is 1.67. The summed E-state index contributed by atoms with van der Waals surface area (Å²) >= 11 is 0. The van der Waals surface area contributed by atoms with Gasteiger partial charge in [-0.1, -0.05) is 13.3 Å². The molecule has 0 radical (unpaired) electrons. The SMILES string of the molecule is CCCc1cc(NCCCCO)ccc1N. The molecule has 0 unspecified atom stereocenters. The number of nitrogen functional groups attached to an aromatic ring is 1. The van der Waals surface area contributed by atoms with Crippen LogP contribution in [0.25, 0.3) is 0 Å². The summed E-state index contributed by atoms with van der Waals surface area (Å²) in [6.07, 6.45) is 3.98. The molecule has 0 saturated carbocycles. The van der Waals surface area contributed by atoms with E-state index in [9.17, 15) is 0 Å². The second kappa shape index (κ2) is 7.12. The molecule has 0 aromatic heterocycles. The van der Waals surface area contributed by atoms with Gasteiger partial charge in [0.2, 0.25) is 0 Å². The lowest BCUT2D eigenvalue weighted by Crippen LogP contribution is -2.03. The highest BCUT2D eigenvalue weighted by Crippen LogP contribution is 2.19. The van der Waals surface area contributed by atoms with Crippen LogP contribution in [0.5, 0.6) is 0 Å². The molecule has 0 fully saturated rings. The van der Waals surface area contributed by atoms with Crippen molar-refractivity contribution in [2.24, 2.45) is 0 Å². The number of hydrogen-bond donors (Lipinski definition) is 3. The third kappa shape index (κ3) is 4.11. The highest BCUT2D eigenvalue weighted by molar-refractivity contribution is 5.57. The van der Waals surface area contributed by atoms with Crippen molar-refractivity contribution in [2.75, 3.05) is 24.2 Å². The average molecular weight is 222 g/mol. The van der Waals surface area contributed by atoms with Gasteiger partial charge in [-0.05, 0) is 43.0 Å². The molecule has 3 heteroatoms. The second-order valence-electron chi connectivity index (χ2n) is 4.02. The Morgan fingerprint density at radius 2 is 2.12 bits per heavy atom. The number of anilines is 2. The van der Waals surface area contributed by atoms with Crippen LogP contribution < -0.4 is 11.1 Å². The maximum absolute atomic E-state index is 8.67. The van der Waals surface area contributed by atoms with Gasteiger partial charge in [-0.15, -0.1) is 0 Å². The van der Waals surface area contributed by atoms with E-state index in [1.165, 1.54) is 5.56 Å². The van der Waals surface area contributed by atoms with Crippen molar-refractivity contribution < 1.29 is 5.11 Å². The predicted octanol–water partition coefficient (Wildman–Crippen LogP) is 2.41. The Balaban J connectivity index is 2.50. The average Bonchev–Trinajstić information content (AvgIpc) is 2.29. The van der Waals surface area contributed by atoms with Gasteiger partial charge in [-0.3, -0.25) is 0 Å². The van der Waals surface area contributed by atoms with Gasteiger partial charge in [0.1, 0.15) is 0 Å². The number of aliphatic hydroxyl groups excluding tert-OH is 1. The second-order valence-corrected chi connectivity index (χ2v) is 4.02. The maximum Gasteiger partial charge on any atom is 0.0431 e. The lowest BCUT2D eigenvalue weighted by atomic mass is 10.1. The molecular weight excluding hydrogens is 200 g/mol. The topological polar surface area (TPSA) is 58.3 Å². The summed E-state index contributed by atoms with van der Waals surface area (Å²) in [5.74, 6) is 0. The Labute approximate surface area is 97.7 Å². The van der Waals surface area contributed by atoms with Crippen LogP contribution in [0.1, 0.15) is 31.7 Å². The number of aliphatic hydroxyl groups is 1. The zero-order valence-electron chi connectivity index (χ0n) is 10.00. The highest BCUT2D eigenvalue weighted by Gasteiger charge is 1.99. The number of nitrogens with two attached hydrogens (primary N) is 1. The Hall–Kier alpha value is -1.22. The molecule has 1 rings (SSSR count). The van der Waals surface area contributed by atoms with Crippen molar-refractivity contribution in [3.63, 3.8) is 0 Å². The molecule has 0 bridgehead atoms. The van der Waals surface area contributed by atoms with Crippen LogP contribution >= 0.6 is 0 Å². The number of hydrogen-bond acceptors (Lipinski definition) is 3. The molecule has 1 aromatic carbocycles. The molecule has 3 nitrogen and oxygen atoms in total. The van der Waals surface area contributed by atoms with Crippen LogP contribution in [0.2, 0.25) is 0 Å². The molecule has 0 saturated heterocycles. The fourth-order valence-corrected chi connectivity index (χ4v) is 1.67. The minimum Gasteiger partial charge on any atom is -0.399 e. The molecule has 0 spiro atoms. The van der Waals surface area contributed by atoms with E-state index in [4.69, 9.17) is 10.8 Å². The zero-order chi connectivity index (χ0) is 11.8. The third-order valence-electron chi connectivity index (χ3n) is 2.58. The first-order valence-corrected chi connectivity index (χ1v) is 6.01. The van der Waals surface area contributed by atoms with Crippen LogP contribution in [0.15, 0.2) is 18.2 Å². The van der Waals surface area contributed by atoms with Gasteiger partial charge in [0.15, 0.2) is 0 Å². The van der Waals surface area contributed by atoms with Crippen molar-refractivity contribution in [1.82, 2.24) is 0 Å². The molecule has 16 heavy (non-hydrogen) atoms. The molecular formula is C13H22N2O. The van der Waals surface area contributed by atoms with Crippen molar-refractivity contribution >= 4 is 11.4 Å². The highest BCUT2D eigenvalue weighted by atomic mass is 16.2. The van der Waals surface area contributed by atoms with E-state index < -0.39 is 0 Å². The maximum atomic E-state index is 8.67. The van der Waals surface area contributed by atoms with Gasteiger partial charge in [0.25, 0.3) is 0 Å².